The number of imidazole rings is 1. The molecule has 0 saturated carbocycles. The van der Waals surface area contributed by atoms with E-state index < -0.39 is 0 Å². The number of amides is 1. The van der Waals surface area contributed by atoms with Gasteiger partial charge in [0.1, 0.15) is 17.8 Å². The van der Waals surface area contributed by atoms with Crippen molar-refractivity contribution in [2.45, 2.75) is 6.54 Å². The van der Waals surface area contributed by atoms with Gasteiger partial charge in [0.05, 0.1) is 6.26 Å². The van der Waals surface area contributed by atoms with E-state index in [0.29, 0.717) is 23.7 Å². The van der Waals surface area contributed by atoms with Gasteiger partial charge in [-0.3, -0.25) is 14.5 Å². The lowest BCUT2D eigenvalue weighted by Crippen LogP contribution is -2.24. The number of pyridine rings is 1. The number of aromatic nitrogens is 5. The molecule has 4 heterocycles. The summed E-state index contributed by atoms with van der Waals surface area (Å²) in [7, 11) is 0. The fraction of sp³-hybridized carbons (Fsp3) is 0.0588. The van der Waals surface area contributed by atoms with E-state index >= 15 is 0 Å². The molecule has 4 aromatic rings. The van der Waals surface area contributed by atoms with Gasteiger partial charge in [0.25, 0.3) is 5.91 Å². The molecule has 0 radical (unpaired) electrons. The Hall–Kier alpha value is -3.68. The third-order valence-corrected chi connectivity index (χ3v) is 3.65. The van der Waals surface area contributed by atoms with Gasteiger partial charge in [-0.25, -0.2) is 9.97 Å². The highest BCUT2D eigenvalue weighted by atomic mass is 16.3. The maximum atomic E-state index is 12.3. The fourth-order valence-corrected chi connectivity index (χ4v) is 2.45. The smallest absolute Gasteiger partial charge is 0.272 e. The van der Waals surface area contributed by atoms with Crippen molar-refractivity contribution < 1.29 is 9.21 Å². The monoisotopic (exact) mass is 334 g/mol. The molecule has 0 aromatic carbocycles. The van der Waals surface area contributed by atoms with Gasteiger partial charge in [-0.2, -0.15) is 5.10 Å². The summed E-state index contributed by atoms with van der Waals surface area (Å²) in [5.41, 5.74) is 1.81. The number of carbonyl (C=O) groups excluding carboxylic acids is 1. The van der Waals surface area contributed by atoms with Crippen molar-refractivity contribution in [3.8, 4) is 17.3 Å². The molecule has 8 nitrogen and oxygen atoms in total. The van der Waals surface area contributed by atoms with Gasteiger partial charge in [-0.05, 0) is 18.2 Å². The van der Waals surface area contributed by atoms with Gasteiger partial charge < -0.3 is 9.73 Å². The summed E-state index contributed by atoms with van der Waals surface area (Å²) < 4.78 is 7.08. The maximum Gasteiger partial charge on any atom is 0.272 e. The van der Waals surface area contributed by atoms with Crippen molar-refractivity contribution in [1.82, 2.24) is 30.0 Å². The second kappa shape index (κ2) is 6.44. The van der Waals surface area contributed by atoms with Crippen LogP contribution in [0.3, 0.4) is 0 Å². The van der Waals surface area contributed by atoms with Crippen molar-refractivity contribution in [2.75, 3.05) is 0 Å². The molecule has 4 aromatic heterocycles. The minimum Gasteiger partial charge on any atom is -0.463 e. The molecular formula is C17H14N6O2. The molecule has 4 rings (SSSR count). The van der Waals surface area contributed by atoms with Crippen LogP contribution in [0.4, 0.5) is 0 Å². The van der Waals surface area contributed by atoms with E-state index in [1.165, 1.54) is 0 Å². The van der Waals surface area contributed by atoms with Gasteiger partial charge >= 0.3 is 0 Å². The quantitative estimate of drug-likeness (QED) is 0.582. The Morgan fingerprint density at radius 2 is 2.24 bits per heavy atom. The number of hydrogen-bond donors (Lipinski definition) is 2. The van der Waals surface area contributed by atoms with Crippen LogP contribution >= 0.6 is 0 Å². The van der Waals surface area contributed by atoms with Crippen molar-refractivity contribution in [3.63, 3.8) is 0 Å². The highest BCUT2D eigenvalue weighted by Gasteiger charge is 2.13. The number of H-pyrrole nitrogens is 1. The molecule has 1 amide bonds. The molecule has 124 valence electrons. The average molecular weight is 334 g/mol. The molecule has 0 bridgehead atoms. The van der Waals surface area contributed by atoms with Crippen LogP contribution in [0, 0.1) is 0 Å². The van der Waals surface area contributed by atoms with Crippen molar-refractivity contribution >= 4 is 5.91 Å². The van der Waals surface area contributed by atoms with E-state index in [-0.39, 0.29) is 5.91 Å². The van der Waals surface area contributed by atoms with Gasteiger partial charge in [-0.15, -0.1) is 0 Å². The third kappa shape index (κ3) is 3.05. The fourth-order valence-electron chi connectivity index (χ4n) is 2.45. The van der Waals surface area contributed by atoms with E-state index in [1.807, 2.05) is 12.1 Å². The molecule has 0 spiro atoms. The van der Waals surface area contributed by atoms with E-state index in [1.54, 1.807) is 53.9 Å². The van der Waals surface area contributed by atoms with Crippen LogP contribution in [-0.2, 0) is 6.54 Å². The minimum absolute atomic E-state index is 0.283. The molecule has 0 fully saturated rings. The zero-order chi connectivity index (χ0) is 17.1. The summed E-state index contributed by atoms with van der Waals surface area (Å²) in [4.78, 5) is 20.7. The predicted octanol–water partition coefficient (Wildman–Crippen LogP) is 2.18. The average Bonchev–Trinajstić information content (AvgIpc) is 3.41. The topological polar surface area (TPSA) is 102 Å². The number of furan rings is 1. The Kier molecular flexibility index (Phi) is 3.83. The van der Waals surface area contributed by atoms with Crippen LogP contribution in [0.25, 0.3) is 17.3 Å². The molecule has 25 heavy (non-hydrogen) atoms. The summed E-state index contributed by atoms with van der Waals surface area (Å²) in [6.45, 7) is 0.323. The highest BCUT2D eigenvalue weighted by molar-refractivity contribution is 5.93. The molecule has 0 atom stereocenters. The molecular weight excluding hydrogens is 320 g/mol. The standard InChI is InChI=1S/C17H14N6O2/c24-17(14-9-13(21-22-14)15-4-2-8-25-15)20-10-12-3-1-5-19-16(12)23-7-6-18-11-23/h1-9,11H,10H2,(H,20,24)(H,21,22). The Balaban J connectivity index is 1.48. The van der Waals surface area contributed by atoms with E-state index in [2.05, 4.69) is 25.5 Å². The molecule has 0 aliphatic heterocycles. The number of nitrogens with zero attached hydrogens (tertiary/aromatic N) is 4. The number of carbonyl (C=O) groups is 1. The van der Waals surface area contributed by atoms with Crippen LogP contribution in [0.2, 0.25) is 0 Å². The third-order valence-electron chi connectivity index (χ3n) is 3.65. The summed E-state index contributed by atoms with van der Waals surface area (Å²) in [5, 5.41) is 9.67. The molecule has 0 aliphatic rings. The first kappa shape index (κ1) is 14.9. The van der Waals surface area contributed by atoms with E-state index in [4.69, 9.17) is 4.42 Å². The lowest BCUT2D eigenvalue weighted by molar-refractivity contribution is 0.0946. The second-order valence-electron chi connectivity index (χ2n) is 5.28. The van der Waals surface area contributed by atoms with E-state index in [0.717, 1.165) is 11.4 Å². The van der Waals surface area contributed by atoms with Gasteiger partial charge in [-0.1, -0.05) is 6.07 Å². The lowest BCUT2D eigenvalue weighted by atomic mass is 10.2. The molecule has 0 saturated heterocycles. The second-order valence-corrected chi connectivity index (χ2v) is 5.28. The molecule has 0 aliphatic carbocycles. The number of aromatic amines is 1. The Morgan fingerprint density at radius 3 is 3.04 bits per heavy atom. The molecule has 2 N–H and O–H groups in total. The van der Waals surface area contributed by atoms with Crippen LogP contribution in [0.1, 0.15) is 16.1 Å². The van der Waals surface area contributed by atoms with Gasteiger partial charge in [0.2, 0.25) is 0 Å². The van der Waals surface area contributed by atoms with Crippen molar-refractivity contribution in [3.05, 3.63) is 72.8 Å². The highest BCUT2D eigenvalue weighted by Crippen LogP contribution is 2.18. The Morgan fingerprint density at radius 1 is 1.28 bits per heavy atom. The zero-order valence-electron chi connectivity index (χ0n) is 13.1. The molecule has 8 heteroatoms. The number of nitrogens with one attached hydrogen (secondary N) is 2. The van der Waals surface area contributed by atoms with Crippen LogP contribution < -0.4 is 5.32 Å². The minimum atomic E-state index is -0.283. The Labute approximate surface area is 142 Å². The SMILES string of the molecule is O=C(NCc1cccnc1-n1ccnc1)c1cc(-c2ccco2)[nH]n1. The largest absolute Gasteiger partial charge is 0.463 e. The maximum absolute atomic E-state index is 12.3. The first-order chi connectivity index (χ1) is 12.3. The van der Waals surface area contributed by atoms with Gasteiger partial charge in [0, 0.05) is 36.8 Å². The number of hydrogen-bond acceptors (Lipinski definition) is 5. The lowest BCUT2D eigenvalue weighted by Gasteiger charge is -2.09. The zero-order valence-corrected chi connectivity index (χ0v) is 13.1. The normalized spacial score (nSPS) is 10.7. The van der Waals surface area contributed by atoms with E-state index in [9.17, 15) is 4.79 Å². The van der Waals surface area contributed by atoms with Crippen molar-refractivity contribution in [2.24, 2.45) is 0 Å². The molecule has 0 unspecified atom stereocenters. The van der Waals surface area contributed by atoms with Crippen LogP contribution in [-0.4, -0.2) is 30.6 Å². The summed E-state index contributed by atoms with van der Waals surface area (Å²) in [6, 6.07) is 8.94. The summed E-state index contributed by atoms with van der Waals surface area (Å²) in [6.07, 6.45) is 8.41. The van der Waals surface area contributed by atoms with Crippen molar-refractivity contribution in [1.29, 1.82) is 0 Å². The predicted molar refractivity (Wildman–Crippen MR) is 88.8 cm³/mol. The first-order valence-electron chi connectivity index (χ1n) is 7.61. The summed E-state index contributed by atoms with van der Waals surface area (Å²) in [5.74, 6) is 1.06. The van der Waals surface area contributed by atoms with Crippen LogP contribution in [0.15, 0.2) is 65.9 Å². The van der Waals surface area contributed by atoms with Crippen LogP contribution in [0.5, 0.6) is 0 Å². The number of rotatable bonds is 5. The Bertz CT molecular complexity index is 972. The first-order valence-corrected chi connectivity index (χ1v) is 7.61. The summed E-state index contributed by atoms with van der Waals surface area (Å²) >= 11 is 0. The van der Waals surface area contributed by atoms with Gasteiger partial charge in [0.15, 0.2) is 11.5 Å².